The first kappa shape index (κ1) is 13.9. The van der Waals surface area contributed by atoms with Gasteiger partial charge in [0, 0.05) is 17.6 Å². The third kappa shape index (κ3) is 3.70. The van der Waals surface area contributed by atoms with E-state index in [9.17, 15) is 4.79 Å². The van der Waals surface area contributed by atoms with Crippen LogP contribution >= 0.6 is 0 Å². The van der Waals surface area contributed by atoms with Crippen LogP contribution in [0.2, 0.25) is 0 Å². The first-order valence-corrected chi connectivity index (χ1v) is 6.62. The van der Waals surface area contributed by atoms with Crippen LogP contribution in [-0.2, 0) is 4.74 Å². The van der Waals surface area contributed by atoms with Gasteiger partial charge < -0.3 is 10.5 Å². The van der Waals surface area contributed by atoms with Crippen LogP contribution in [0.25, 0.3) is 0 Å². The number of rotatable bonds is 2. The number of anilines is 1. The number of carbonyl (C=O) groups excluding carboxylic acids is 1. The minimum Gasteiger partial charge on any atom is -0.444 e. The van der Waals surface area contributed by atoms with Crippen LogP contribution in [0.5, 0.6) is 0 Å². The van der Waals surface area contributed by atoms with E-state index in [2.05, 4.69) is 11.4 Å². The van der Waals surface area contributed by atoms with Crippen LogP contribution in [0.15, 0.2) is 18.2 Å². The van der Waals surface area contributed by atoms with Gasteiger partial charge in [0.15, 0.2) is 0 Å². The third-order valence-corrected chi connectivity index (χ3v) is 3.15. The summed E-state index contributed by atoms with van der Waals surface area (Å²) in [7, 11) is 0. The lowest BCUT2D eigenvalue weighted by Gasteiger charge is -2.20. The molecule has 1 aromatic carbocycles. The van der Waals surface area contributed by atoms with Crippen LogP contribution in [0.1, 0.15) is 44.2 Å². The largest absolute Gasteiger partial charge is 0.444 e. The van der Waals surface area contributed by atoms with E-state index in [0.29, 0.717) is 12.0 Å². The Hall–Kier alpha value is -1.55. The zero-order valence-electron chi connectivity index (χ0n) is 12.0. The lowest BCUT2D eigenvalue weighted by Crippen LogP contribution is -2.27. The first-order chi connectivity index (χ1) is 8.76. The molecule has 0 saturated heterocycles. The lowest BCUT2D eigenvalue weighted by atomic mass is 10.1. The summed E-state index contributed by atoms with van der Waals surface area (Å²) in [6, 6.07) is 6.32. The van der Waals surface area contributed by atoms with Gasteiger partial charge in [-0.05, 0) is 51.3 Å². The number of carbonyl (C=O) groups is 1. The van der Waals surface area contributed by atoms with Crippen LogP contribution in [0, 0.1) is 6.92 Å². The van der Waals surface area contributed by atoms with Crippen molar-refractivity contribution in [2.45, 2.75) is 51.7 Å². The third-order valence-electron chi connectivity index (χ3n) is 3.15. The molecule has 1 amide bonds. The zero-order valence-corrected chi connectivity index (χ0v) is 12.0. The van der Waals surface area contributed by atoms with E-state index in [1.54, 1.807) is 0 Å². The van der Waals surface area contributed by atoms with Gasteiger partial charge in [-0.1, -0.05) is 12.1 Å². The molecule has 4 heteroatoms. The number of hydrogen-bond acceptors (Lipinski definition) is 3. The quantitative estimate of drug-likeness (QED) is 0.860. The second kappa shape index (κ2) is 4.85. The molecule has 19 heavy (non-hydrogen) atoms. The highest BCUT2D eigenvalue weighted by atomic mass is 16.6. The Bertz CT molecular complexity index is 491. The van der Waals surface area contributed by atoms with Gasteiger partial charge in [-0.15, -0.1) is 0 Å². The van der Waals surface area contributed by atoms with Crippen molar-refractivity contribution in [3.8, 4) is 0 Å². The maximum atomic E-state index is 11.7. The van der Waals surface area contributed by atoms with Gasteiger partial charge in [0.05, 0.1) is 0 Å². The van der Waals surface area contributed by atoms with Gasteiger partial charge in [-0.25, -0.2) is 4.79 Å². The van der Waals surface area contributed by atoms with Crippen LogP contribution in [0.3, 0.4) is 0 Å². The Labute approximate surface area is 114 Å². The molecular weight excluding hydrogens is 240 g/mol. The summed E-state index contributed by atoms with van der Waals surface area (Å²) in [6.07, 6.45) is 0.629. The molecule has 0 heterocycles. The predicted molar refractivity (Wildman–Crippen MR) is 76.4 cm³/mol. The molecule has 104 valence electrons. The minimum atomic E-state index is -0.487. The van der Waals surface area contributed by atoms with Crippen LogP contribution in [-0.4, -0.2) is 17.7 Å². The summed E-state index contributed by atoms with van der Waals surface area (Å²) in [5.41, 5.74) is 8.42. The minimum absolute atomic E-state index is 0.295. The molecule has 0 spiro atoms. The Balaban J connectivity index is 2.03. The topological polar surface area (TPSA) is 64.3 Å². The second-order valence-corrected chi connectivity index (χ2v) is 6.21. The fraction of sp³-hybridized carbons (Fsp3) is 0.533. The Morgan fingerprint density at radius 1 is 1.42 bits per heavy atom. The molecule has 0 bridgehead atoms. The number of benzene rings is 1. The summed E-state index contributed by atoms with van der Waals surface area (Å²) in [5, 5.41) is 2.77. The van der Waals surface area contributed by atoms with Crippen molar-refractivity contribution in [2.75, 3.05) is 5.32 Å². The summed E-state index contributed by atoms with van der Waals surface area (Å²) in [4.78, 5) is 11.7. The average Bonchev–Trinajstić information content (AvgIpc) is 2.96. The molecule has 4 nitrogen and oxygen atoms in total. The van der Waals surface area contributed by atoms with E-state index in [-0.39, 0.29) is 0 Å². The molecular formula is C15H22N2O2. The van der Waals surface area contributed by atoms with E-state index in [1.165, 1.54) is 5.56 Å². The molecule has 1 aromatic rings. The van der Waals surface area contributed by atoms with Crippen molar-refractivity contribution in [1.29, 1.82) is 0 Å². The summed E-state index contributed by atoms with van der Waals surface area (Å²) < 4.78 is 5.23. The Kier molecular flexibility index (Phi) is 3.54. The Morgan fingerprint density at radius 3 is 2.53 bits per heavy atom. The number of ether oxygens (including phenoxy) is 1. The van der Waals surface area contributed by atoms with Gasteiger partial charge in [-0.2, -0.15) is 0 Å². The molecule has 1 aliphatic carbocycles. The molecule has 0 aromatic heterocycles. The standard InChI is InChI=1S/C15H22N2O2/c1-9-7-10(11-8-12(11)16)5-6-13(9)17-14(18)19-15(2,3)4/h5-7,11-12H,8,16H2,1-4H3,(H,17,18)/t11-,12+/m0/s1. The second-order valence-electron chi connectivity index (χ2n) is 6.21. The van der Waals surface area contributed by atoms with Crippen molar-refractivity contribution in [1.82, 2.24) is 0 Å². The smallest absolute Gasteiger partial charge is 0.412 e. The highest BCUT2D eigenvalue weighted by molar-refractivity contribution is 5.86. The number of amides is 1. The molecule has 2 rings (SSSR count). The van der Waals surface area contributed by atoms with Gasteiger partial charge in [0.2, 0.25) is 0 Å². The number of nitrogens with two attached hydrogens (primary N) is 1. The molecule has 1 aliphatic rings. The summed E-state index contributed by atoms with van der Waals surface area (Å²) >= 11 is 0. The van der Waals surface area contributed by atoms with Crippen molar-refractivity contribution in [2.24, 2.45) is 5.73 Å². The highest BCUT2D eigenvalue weighted by Gasteiger charge is 2.34. The van der Waals surface area contributed by atoms with Crippen molar-refractivity contribution in [3.05, 3.63) is 29.3 Å². The molecule has 2 atom stereocenters. The monoisotopic (exact) mass is 262 g/mol. The normalized spacial score (nSPS) is 21.9. The van der Waals surface area contributed by atoms with Crippen LogP contribution < -0.4 is 11.1 Å². The fourth-order valence-electron chi connectivity index (χ4n) is 2.07. The van der Waals surface area contributed by atoms with Gasteiger partial charge in [-0.3, -0.25) is 5.32 Å². The van der Waals surface area contributed by atoms with Gasteiger partial charge >= 0.3 is 6.09 Å². The van der Waals surface area contributed by atoms with Gasteiger partial charge in [0.25, 0.3) is 0 Å². The Morgan fingerprint density at radius 2 is 2.05 bits per heavy atom. The number of aryl methyl sites for hydroxylation is 1. The van der Waals surface area contributed by atoms with Crippen molar-refractivity contribution in [3.63, 3.8) is 0 Å². The summed E-state index contributed by atoms with van der Waals surface area (Å²) in [5.74, 6) is 0.481. The zero-order chi connectivity index (χ0) is 14.2. The van der Waals surface area contributed by atoms with E-state index < -0.39 is 11.7 Å². The molecule has 0 radical (unpaired) electrons. The van der Waals surface area contributed by atoms with Gasteiger partial charge in [0.1, 0.15) is 5.60 Å². The molecule has 0 aliphatic heterocycles. The molecule has 1 saturated carbocycles. The fourth-order valence-corrected chi connectivity index (χ4v) is 2.07. The van der Waals surface area contributed by atoms with E-state index >= 15 is 0 Å². The molecule has 1 fully saturated rings. The average molecular weight is 262 g/mol. The lowest BCUT2D eigenvalue weighted by molar-refractivity contribution is 0.0636. The first-order valence-electron chi connectivity index (χ1n) is 6.62. The maximum absolute atomic E-state index is 11.7. The van der Waals surface area contributed by atoms with Crippen LogP contribution in [0.4, 0.5) is 10.5 Å². The SMILES string of the molecule is Cc1cc([C@@H]2C[C@H]2N)ccc1NC(=O)OC(C)(C)C. The van der Waals surface area contributed by atoms with E-state index in [0.717, 1.165) is 17.7 Å². The highest BCUT2D eigenvalue weighted by Crippen LogP contribution is 2.39. The molecule has 3 N–H and O–H groups in total. The van der Waals surface area contributed by atoms with Crippen molar-refractivity contribution < 1.29 is 9.53 Å². The van der Waals surface area contributed by atoms with Crippen molar-refractivity contribution >= 4 is 11.8 Å². The van der Waals surface area contributed by atoms with E-state index in [1.807, 2.05) is 39.8 Å². The molecule has 0 unspecified atom stereocenters. The van der Waals surface area contributed by atoms with E-state index in [4.69, 9.17) is 10.5 Å². The number of nitrogens with one attached hydrogen (secondary N) is 1. The number of hydrogen-bond donors (Lipinski definition) is 2. The summed E-state index contributed by atoms with van der Waals surface area (Å²) in [6.45, 7) is 7.51. The maximum Gasteiger partial charge on any atom is 0.412 e. The predicted octanol–water partition coefficient (Wildman–Crippen LogP) is 3.16.